The molecular formula is C17H20FN3O2. The molecule has 1 amide bonds. The van der Waals surface area contributed by atoms with Crippen LogP contribution in [0.25, 0.3) is 11.5 Å². The monoisotopic (exact) mass is 317 g/mol. The molecular weight excluding hydrogens is 297 g/mol. The molecule has 0 unspecified atom stereocenters. The summed E-state index contributed by atoms with van der Waals surface area (Å²) in [5.41, 5.74) is 0.747. The van der Waals surface area contributed by atoms with Gasteiger partial charge >= 0.3 is 0 Å². The molecule has 1 atom stereocenters. The van der Waals surface area contributed by atoms with E-state index in [1.165, 1.54) is 6.92 Å². The van der Waals surface area contributed by atoms with E-state index in [0.29, 0.717) is 31.2 Å². The van der Waals surface area contributed by atoms with Crippen LogP contribution in [0, 0.1) is 6.92 Å². The van der Waals surface area contributed by atoms with E-state index in [2.05, 4.69) is 10.2 Å². The van der Waals surface area contributed by atoms with Gasteiger partial charge in [0.05, 0.1) is 6.54 Å². The van der Waals surface area contributed by atoms with Crippen molar-refractivity contribution in [3.63, 3.8) is 0 Å². The van der Waals surface area contributed by atoms with Crippen molar-refractivity contribution in [1.82, 2.24) is 15.1 Å². The molecule has 0 aliphatic carbocycles. The summed E-state index contributed by atoms with van der Waals surface area (Å²) in [7, 11) is 0. The van der Waals surface area contributed by atoms with Crippen LogP contribution in [-0.4, -0.2) is 39.8 Å². The molecule has 2 aromatic rings. The Labute approximate surface area is 134 Å². The lowest BCUT2D eigenvalue weighted by Gasteiger charge is -2.17. The number of carbonyl (C=O) groups is 1. The van der Waals surface area contributed by atoms with Gasteiger partial charge in [0.15, 0.2) is 0 Å². The fourth-order valence-corrected chi connectivity index (χ4v) is 2.68. The maximum atomic E-state index is 13.8. The lowest BCUT2D eigenvalue weighted by molar-refractivity contribution is -0.130. The van der Waals surface area contributed by atoms with Crippen LogP contribution in [0.5, 0.6) is 0 Å². The number of aryl methyl sites for hydroxylation is 2. The lowest BCUT2D eigenvalue weighted by Crippen LogP contribution is -2.32. The number of hydrogen-bond donors (Lipinski definition) is 0. The van der Waals surface area contributed by atoms with Gasteiger partial charge in [-0.3, -0.25) is 4.79 Å². The van der Waals surface area contributed by atoms with Gasteiger partial charge in [-0.2, -0.15) is 0 Å². The second-order valence-electron chi connectivity index (χ2n) is 6.35. The summed E-state index contributed by atoms with van der Waals surface area (Å²) in [6.45, 7) is 4.19. The van der Waals surface area contributed by atoms with Gasteiger partial charge in [-0.1, -0.05) is 17.7 Å². The summed E-state index contributed by atoms with van der Waals surface area (Å²) in [4.78, 5) is 13.7. The van der Waals surface area contributed by atoms with Crippen molar-refractivity contribution in [1.29, 1.82) is 0 Å². The number of nitrogens with zero attached hydrogens (tertiary/aromatic N) is 3. The Morgan fingerprint density at radius 1 is 1.35 bits per heavy atom. The zero-order chi connectivity index (χ0) is 16.4. The molecule has 1 aromatic carbocycles. The standard InChI is InChI=1S/C17H20FN3O2/c1-12-3-5-13(6-4-12)16-20-19-14(23-16)7-8-15(22)21-10-9-17(2,18)11-21/h3-6H,7-11H2,1-2H3/t17-/m1/s1. The van der Waals surface area contributed by atoms with Crippen LogP contribution in [0.1, 0.15) is 31.2 Å². The fourth-order valence-electron chi connectivity index (χ4n) is 2.68. The molecule has 5 nitrogen and oxygen atoms in total. The van der Waals surface area contributed by atoms with E-state index in [0.717, 1.165) is 11.1 Å². The van der Waals surface area contributed by atoms with Crippen LogP contribution in [0.4, 0.5) is 4.39 Å². The fraction of sp³-hybridized carbons (Fsp3) is 0.471. The van der Waals surface area contributed by atoms with Crippen molar-refractivity contribution in [3.8, 4) is 11.5 Å². The highest BCUT2D eigenvalue weighted by Crippen LogP contribution is 2.25. The molecule has 0 radical (unpaired) electrons. The Balaban J connectivity index is 1.57. The minimum absolute atomic E-state index is 0.0681. The molecule has 3 rings (SSSR count). The number of halogens is 1. The molecule has 23 heavy (non-hydrogen) atoms. The molecule has 0 saturated carbocycles. The number of rotatable bonds is 4. The summed E-state index contributed by atoms with van der Waals surface area (Å²) in [6, 6.07) is 7.79. The molecule has 1 fully saturated rings. The number of carbonyl (C=O) groups excluding carboxylic acids is 1. The largest absolute Gasteiger partial charge is 0.421 e. The number of benzene rings is 1. The van der Waals surface area contributed by atoms with Crippen LogP contribution in [0.15, 0.2) is 28.7 Å². The summed E-state index contributed by atoms with van der Waals surface area (Å²) in [5.74, 6) is 0.808. The topological polar surface area (TPSA) is 59.2 Å². The second kappa shape index (κ2) is 6.10. The number of likely N-dealkylation sites (tertiary alicyclic amines) is 1. The van der Waals surface area contributed by atoms with Crippen molar-refractivity contribution in [2.24, 2.45) is 0 Å². The number of alkyl halides is 1. The van der Waals surface area contributed by atoms with E-state index < -0.39 is 5.67 Å². The van der Waals surface area contributed by atoms with Gasteiger partial charge in [-0.25, -0.2) is 4.39 Å². The lowest BCUT2D eigenvalue weighted by atomic mass is 10.1. The van der Waals surface area contributed by atoms with E-state index in [1.54, 1.807) is 4.90 Å². The van der Waals surface area contributed by atoms with Gasteiger partial charge in [0.25, 0.3) is 0 Å². The molecule has 0 bridgehead atoms. The SMILES string of the molecule is Cc1ccc(-c2nnc(CCC(=O)N3CC[C@@](C)(F)C3)o2)cc1. The van der Waals surface area contributed by atoms with E-state index in [-0.39, 0.29) is 18.9 Å². The highest BCUT2D eigenvalue weighted by Gasteiger charge is 2.35. The summed E-state index contributed by atoms with van der Waals surface area (Å²) in [5, 5.41) is 7.99. The molecule has 1 aliphatic heterocycles. The number of amides is 1. The van der Waals surface area contributed by atoms with Gasteiger partial charge < -0.3 is 9.32 Å². The maximum absolute atomic E-state index is 13.8. The Bertz CT molecular complexity index is 694. The van der Waals surface area contributed by atoms with Crippen LogP contribution in [0.3, 0.4) is 0 Å². The maximum Gasteiger partial charge on any atom is 0.247 e. The van der Waals surface area contributed by atoms with E-state index >= 15 is 0 Å². The Hall–Kier alpha value is -2.24. The molecule has 0 spiro atoms. The van der Waals surface area contributed by atoms with Crippen molar-refractivity contribution >= 4 is 5.91 Å². The third-order valence-electron chi connectivity index (χ3n) is 4.09. The van der Waals surface area contributed by atoms with Gasteiger partial charge in [0, 0.05) is 31.4 Å². The zero-order valence-corrected chi connectivity index (χ0v) is 13.4. The molecule has 1 aliphatic rings. The minimum Gasteiger partial charge on any atom is -0.421 e. The third kappa shape index (κ3) is 3.75. The summed E-state index contributed by atoms with van der Waals surface area (Å²) >= 11 is 0. The van der Waals surface area contributed by atoms with Crippen LogP contribution < -0.4 is 0 Å². The van der Waals surface area contributed by atoms with Crippen molar-refractivity contribution < 1.29 is 13.6 Å². The number of hydrogen-bond acceptors (Lipinski definition) is 4. The Morgan fingerprint density at radius 2 is 2.09 bits per heavy atom. The van der Waals surface area contributed by atoms with E-state index in [4.69, 9.17) is 4.42 Å². The smallest absolute Gasteiger partial charge is 0.247 e. The number of aromatic nitrogens is 2. The molecule has 122 valence electrons. The van der Waals surface area contributed by atoms with E-state index in [1.807, 2.05) is 31.2 Å². The molecule has 2 heterocycles. The first-order chi connectivity index (χ1) is 10.9. The quantitative estimate of drug-likeness (QED) is 0.870. The molecule has 6 heteroatoms. The Kier molecular flexibility index (Phi) is 4.15. The van der Waals surface area contributed by atoms with Crippen molar-refractivity contribution in [2.75, 3.05) is 13.1 Å². The highest BCUT2D eigenvalue weighted by atomic mass is 19.1. The normalized spacial score (nSPS) is 20.9. The van der Waals surface area contributed by atoms with Crippen LogP contribution in [-0.2, 0) is 11.2 Å². The first kappa shape index (κ1) is 15.6. The van der Waals surface area contributed by atoms with E-state index in [9.17, 15) is 9.18 Å². The van der Waals surface area contributed by atoms with Gasteiger partial charge in [-0.15, -0.1) is 10.2 Å². The Morgan fingerprint density at radius 3 is 2.74 bits per heavy atom. The van der Waals surface area contributed by atoms with Crippen LogP contribution in [0.2, 0.25) is 0 Å². The van der Waals surface area contributed by atoms with Gasteiger partial charge in [-0.05, 0) is 26.0 Å². The summed E-state index contributed by atoms with van der Waals surface area (Å²) in [6.07, 6.45) is 1.03. The van der Waals surface area contributed by atoms with Crippen molar-refractivity contribution in [2.45, 2.75) is 38.8 Å². The molecule has 1 saturated heterocycles. The van der Waals surface area contributed by atoms with Crippen LogP contribution >= 0.6 is 0 Å². The average molecular weight is 317 g/mol. The zero-order valence-electron chi connectivity index (χ0n) is 13.4. The summed E-state index contributed by atoms with van der Waals surface area (Å²) < 4.78 is 19.4. The first-order valence-corrected chi connectivity index (χ1v) is 7.79. The highest BCUT2D eigenvalue weighted by molar-refractivity contribution is 5.76. The molecule has 1 aromatic heterocycles. The van der Waals surface area contributed by atoms with Gasteiger partial charge in [0.1, 0.15) is 5.67 Å². The average Bonchev–Trinajstić information content (AvgIpc) is 3.12. The predicted molar refractivity (Wildman–Crippen MR) is 83.5 cm³/mol. The third-order valence-corrected chi connectivity index (χ3v) is 4.09. The van der Waals surface area contributed by atoms with Gasteiger partial charge in [0.2, 0.25) is 17.7 Å². The van der Waals surface area contributed by atoms with Crippen molar-refractivity contribution in [3.05, 3.63) is 35.7 Å². The molecule has 0 N–H and O–H groups in total. The first-order valence-electron chi connectivity index (χ1n) is 7.79. The second-order valence-corrected chi connectivity index (χ2v) is 6.35. The minimum atomic E-state index is -1.27. The predicted octanol–water partition coefficient (Wildman–Crippen LogP) is 2.94.